The highest BCUT2D eigenvalue weighted by atomic mass is 16.5. The number of methoxy groups -OCH3 is 2. The predicted octanol–water partition coefficient (Wildman–Crippen LogP) is 1.51. The smallest absolute Gasteiger partial charge is 0.228 e. The molecule has 0 unspecified atom stereocenters. The SMILES string of the molecule is COC1=C(OC)C(=O)C2=C(CCC(CCO)CC2)C1=O. The Morgan fingerprint density at radius 3 is 1.80 bits per heavy atom. The van der Waals surface area contributed by atoms with Gasteiger partial charge in [-0.25, -0.2) is 0 Å². The van der Waals surface area contributed by atoms with Crippen molar-refractivity contribution in [1.29, 1.82) is 0 Å². The number of aliphatic hydroxyl groups excluding tert-OH is 1. The summed E-state index contributed by atoms with van der Waals surface area (Å²) in [6.07, 6.45) is 3.48. The number of hydrogen-bond donors (Lipinski definition) is 1. The molecule has 5 heteroatoms. The lowest BCUT2D eigenvalue weighted by molar-refractivity contribution is -0.121. The fraction of sp³-hybridized carbons (Fsp3) is 0.600. The fourth-order valence-corrected chi connectivity index (χ4v) is 2.97. The van der Waals surface area contributed by atoms with Crippen molar-refractivity contribution < 1.29 is 24.2 Å². The highest BCUT2D eigenvalue weighted by Crippen LogP contribution is 2.36. The number of ketones is 2. The first-order valence-electron chi connectivity index (χ1n) is 6.88. The monoisotopic (exact) mass is 280 g/mol. The van der Waals surface area contributed by atoms with Crippen molar-refractivity contribution in [3.63, 3.8) is 0 Å². The number of aliphatic hydroxyl groups is 1. The number of Topliss-reactive ketones (excluding diaryl/α,β-unsaturated/α-hetero) is 2. The first kappa shape index (κ1) is 14.8. The van der Waals surface area contributed by atoms with Crippen LogP contribution in [0.5, 0.6) is 0 Å². The van der Waals surface area contributed by atoms with Gasteiger partial charge in [0.05, 0.1) is 14.2 Å². The second kappa shape index (κ2) is 6.22. The molecule has 0 fully saturated rings. The van der Waals surface area contributed by atoms with Gasteiger partial charge in [-0.1, -0.05) is 0 Å². The molecule has 5 nitrogen and oxygen atoms in total. The first-order chi connectivity index (χ1) is 9.63. The molecule has 0 radical (unpaired) electrons. The van der Waals surface area contributed by atoms with Crippen LogP contribution in [0.15, 0.2) is 22.7 Å². The average Bonchev–Trinajstić information content (AvgIpc) is 2.66. The van der Waals surface area contributed by atoms with E-state index in [2.05, 4.69) is 0 Å². The van der Waals surface area contributed by atoms with E-state index in [-0.39, 0.29) is 29.7 Å². The molecule has 110 valence electrons. The van der Waals surface area contributed by atoms with Gasteiger partial charge in [0.1, 0.15) is 0 Å². The zero-order valence-corrected chi connectivity index (χ0v) is 11.9. The molecule has 0 bridgehead atoms. The minimum atomic E-state index is -0.233. The van der Waals surface area contributed by atoms with Gasteiger partial charge in [-0.2, -0.15) is 0 Å². The van der Waals surface area contributed by atoms with Crippen LogP contribution in [-0.2, 0) is 19.1 Å². The lowest BCUT2D eigenvalue weighted by atomic mass is 9.89. The molecule has 20 heavy (non-hydrogen) atoms. The van der Waals surface area contributed by atoms with Crippen LogP contribution < -0.4 is 0 Å². The Labute approximate surface area is 118 Å². The molecular weight excluding hydrogens is 260 g/mol. The van der Waals surface area contributed by atoms with Crippen LogP contribution in [0.25, 0.3) is 0 Å². The van der Waals surface area contributed by atoms with Crippen LogP contribution in [-0.4, -0.2) is 37.5 Å². The molecule has 0 aromatic heterocycles. The third kappa shape index (κ3) is 2.50. The van der Waals surface area contributed by atoms with Crippen molar-refractivity contribution in [2.24, 2.45) is 5.92 Å². The number of carbonyl (C=O) groups excluding carboxylic acids is 2. The number of ether oxygens (including phenoxy) is 2. The molecule has 0 spiro atoms. The zero-order valence-electron chi connectivity index (χ0n) is 11.9. The first-order valence-corrected chi connectivity index (χ1v) is 6.88. The van der Waals surface area contributed by atoms with Crippen LogP contribution in [0.1, 0.15) is 32.1 Å². The topological polar surface area (TPSA) is 72.8 Å². The minimum absolute atomic E-state index is 0.0110. The Morgan fingerprint density at radius 2 is 1.45 bits per heavy atom. The van der Waals surface area contributed by atoms with Crippen LogP contribution in [0.4, 0.5) is 0 Å². The van der Waals surface area contributed by atoms with E-state index >= 15 is 0 Å². The molecule has 0 heterocycles. The van der Waals surface area contributed by atoms with Crippen LogP contribution in [0.3, 0.4) is 0 Å². The highest BCUT2D eigenvalue weighted by Gasteiger charge is 2.37. The zero-order chi connectivity index (χ0) is 14.7. The minimum Gasteiger partial charge on any atom is -0.489 e. The molecule has 0 aromatic carbocycles. The normalized spacial score (nSPS) is 20.9. The maximum absolute atomic E-state index is 12.4. The standard InChI is InChI=1S/C15H20O5/c1-19-14-12(17)10-5-3-9(7-8-16)4-6-11(10)13(18)15(14)20-2/h9,16H,3-8H2,1-2H3. The van der Waals surface area contributed by atoms with Crippen LogP contribution >= 0.6 is 0 Å². The average molecular weight is 280 g/mol. The molecule has 0 saturated carbocycles. The number of rotatable bonds is 4. The van der Waals surface area contributed by atoms with Gasteiger partial charge in [0.25, 0.3) is 0 Å². The molecule has 2 aliphatic rings. The van der Waals surface area contributed by atoms with E-state index in [4.69, 9.17) is 14.6 Å². The molecule has 2 rings (SSSR count). The van der Waals surface area contributed by atoms with Gasteiger partial charge in [-0.15, -0.1) is 0 Å². The summed E-state index contributed by atoms with van der Waals surface area (Å²) in [5, 5.41) is 9.04. The van der Waals surface area contributed by atoms with Crippen molar-refractivity contribution in [1.82, 2.24) is 0 Å². The molecule has 1 N–H and O–H groups in total. The third-order valence-electron chi connectivity index (χ3n) is 4.08. The van der Waals surface area contributed by atoms with Gasteiger partial charge >= 0.3 is 0 Å². The summed E-state index contributed by atoms with van der Waals surface area (Å²) in [7, 11) is 2.74. The molecule has 0 aliphatic heterocycles. The molecule has 0 atom stereocenters. The van der Waals surface area contributed by atoms with Gasteiger partial charge in [0, 0.05) is 17.8 Å². The Hall–Kier alpha value is -1.62. The second-order valence-electron chi connectivity index (χ2n) is 5.14. The third-order valence-corrected chi connectivity index (χ3v) is 4.08. The Morgan fingerprint density at radius 1 is 1.00 bits per heavy atom. The lowest BCUT2D eigenvalue weighted by Crippen LogP contribution is -2.25. The molecule has 2 aliphatic carbocycles. The Kier molecular flexibility index (Phi) is 4.60. The molecule has 0 aromatic rings. The van der Waals surface area contributed by atoms with E-state index < -0.39 is 0 Å². The van der Waals surface area contributed by atoms with Crippen molar-refractivity contribution >= 4 is 11.6 Å². The van der Waals surface area contributed by atoms with Crippen molar-refractivity contribution in [2.45, 2.75) is 32.1 Å². The summed E-state index contributed by atoms with van der Waals surface area (Å²) < 4.78 is 10.1. The van der Waals surface area contributed by atoms with E-state index in [0.29, 0.717) is 36.3 Å². The summed E-state index contributed by atoms with van der Waals surface area (Å²) >= 11 is 0. The Bertz CT molecular complexity index is 446. The van der Waals surface area contributed by atoms with E-state index in [1.807, 2.05) is 0 Å². The lowest BCUT2D eigenvalue weighted by Gasteiger charge is -2.20. The summed E-state index contributed by atoms with van der Waals surface area (Å²) in [6, 6.07) is 0. The number of allylic oxidation sites excluding steroid dienone is 2. The van der Waals surface area contributed by atoms with Gasteiger partial charge in [-0.05, 0) is 38.0 Å². The van der Waals surface area contributed by atoms with Crippen LogP contribution in [0, 0.1) is 5.92 Å². The van der Waals surface area contributed by atoms with Gasteiger partial charge in [0.15, 0.2) is 0 Å². The van der Waals surface area contributed by atoms with Crippen molar-refractivity contribution in [2.75, 3.05) is 20.8 Å². The molecule has 0 saturated heterocycles. The summed E-state index contributed by atoms with van der Waals surface area (Å²) in [5.41, 5.74) is 1.13. The Balaban J connectivity index is 2.30. The molecule has 0 amide bonds. The van der Waals surface area contributed by atoms with Crippen molar-refractivity contribution in [3.05, 3.63) is 22.7 Å². The summed E-state index contributed by atoms with van der Waals surface area (Å²) in [4.78, 5) is 24.8. The predicted molar refractivity (Wildman–Crippen MR) is 71.7 cm³/mol. The van der Waals surface area contributed by atoms with Gasteiger partial charge < -0.3 is 14.6 Å². The van der Waals surface area contributed by atoms with E-state index in [9.17, 15) is 9.59 Å². The van der Waals surface area contributed by atoms with Gasteiger partial charge in [0.2, 0.25) is 23.1 Å². The van der Waals surface area contributed by atoms with Crippen LogP contribution in [0.2, 0.25) is 0 Å². The largest absolute Gasteiger partial charge is 0.489 e. The van der Waals surface area contributed by atoms with Gasteiger partial charge in [-0.3, -0.25) is 9.59 Å². The van der Waals surface area contributed by atoms with E-state index in [1.165, 1.54) is 14.2 Å². The number of carbonyl (C=O) groups is 2. The van der Waals surface area contributed by atoms with E-state index in [1.54, 1.807) is 0 Å². The summed E-state index contributed by atoms with van der Waals surface area (Å²) in [5.74, 6) is -0.0934. The van der Waals surface area contributed by atoms with E-state index in [0.717, 1.165) is 12.8 Å². The number of hydrogen-bond acceptors (Lipinski definition) is 5. The second-order valence-corrected chi connectivity index (χ2v) is 5.14. The highest BCUT2D eigenvalue weighted by molar-refractivity contribution is 6.23. The van der Waals surface area contributed by atoms with Crippen molar-refractivity contribution in [3.8, 4) is 0 Å². The maximum Gasteiger partial charge on any atom is 0.228 e. The quantitative estimate of drug-likeness (QED) is 0.790. The fourth-order valence-electron chi connectivity index (χ4n) is 2.97. The maximum atomic E-state index is 12.4. The summed E-state index contributed by atoms with van der Waals surface area (Å²) in [6.45, 7) is 0.141. The molecular formula is C15H20O5.